The van der Waals surface area contributed by atoms with Gasteiger partial charge in [-0.15, -0.1) is 11.6 Å². The summed E-state index contributed by atoms with van der Waals surface area (Å²) in [4.78, 5) is 6.63. The number of aromatic nitrogens is 3. The third-order valence-corrected chi connectivity index (χ3v) is 0.687. The molecule has 0 amide bonds. The van der Waals surface area contributed by atoms with Gasteiger partial charge in [-0.3, -0.25) is 0 Å². The lowest BCUT2D eigenvalue weighted by molar-refractivity contribution is 0.770. The first-order valence-corrected chi connectivity index (χ1v) is 2.06. The van der Waals surface area contributed by atoms with Crippen molar-refractivity contribution in [3.05, 3.63) is 17.7 Å². The molecule has 0 spiro atoms. The summed E-state index contributed by atoms with van der Waals surface area (Å²) in [6.45, 7) is 6.44. The zero-order valence-corrected chi connectivity index (χ0v) is 4.37. The molecule has 0 unspecified atom stereocenters. The molecule has 40 valence electrons. The molecule has 0 aliphatic heterocycles. The highest BCUT2D eigenvalue weighted by atomic mass is 15.3. The lowest BCUT2D eigenvalue weighted by Gasteiger charge is -1.72. The van der Waals surface area contributed by atoms with Crippen LogP contribution in [0.25, 0.3) is 4.85 Å². The third-order valence-electron chi connectivity index (χ3n) is 0.687. The smallest absolute Gasteiger partial charge is 0.393 e. The van der Waals surface area contributed by atoms with Gasteiger partial charge in [-0.25, -0.2) is 0 Å². The van der Waals surface area contributed by atoms with Gasteiger partial charge in [-0.1, -0.05) is 5.10 Å². The van der Waals surface area contributed by atoms with E-state index < -0.39 is 0 Å². The van der Waals surface area contributed by atoms with Gasteiger partial charge in [0.15, 0.2) is 6.33 Å². The fraction of sp³-hybridized carbons (Fsp3) is 0.250. The molecular weight excluding hydrogens is 104 g/mol. The van der Waals surface area contributed by atoms with E-state index in [1.807, 2.05) is 0 Å². The van der Waals surface area contributed by atoms with Crippen molar-refractivity contribution in [2.45, 2.75) is 0 Å². The molecule has 1 aromatic rings. The zero-order valence-electron chi connectivity index (χ0n) is 4.37. The highest BCUT2D eigenvalue weighted by molar-refractivity contribution is 5.20. The Bertz CT molecular complexity index is 218. The largest absolute Gasteiger partial charge is 0.393 e. The molecular formula is C4H4N4. The fourth-order valence-corrected chi connectivity index (χ4v) is 0.379. The van der Waals surface area contributed by atoms with Crippen molar-refractivity contribution in [3.8, 4) is 0 Å². The molecule has 0 atom stereocenters. The summed E-state index contributed by atoms with van der Waals surface area (Å²) in [6, 6.07) is 0. The Morgan fingerprint density at radius 1 is 1.88 bits per heavy atom. The topological polar surface area (TPSA) is 35.1 Å². The summed E-state index contributed by atoms with van der Waals surface area (Å²) in [7, 11) is 1.72. The first-order chi connectivity index (χ1) is 3.83. The van der Waals surface area contributed by atoms with Gasteiger partial charge in [0.1, 0.15) is 0 Å². The van der Waals surface area contributed by atoms with Crippen molar-refractivity contribution in [1.29, 1.82) is 0 Å². The van der Waals surface area contributed by atoms with E-state index in [-0.39, 0.29) is 5.95 Å². The second kappa shape index (κ2) is 1.62. The Morgan fingerprint density at radius 3 is 2.88 bits per heavy atom. The van der Waals surface area contributed by atoms with E-state index in [0.717, 1.165) is 0 Å². The monoisotopic (exact) mass is 108 g/mol. The van der Waals surface area contributed by atoms with Crippen LogP contribution in [0.3, 0.4) is 0 Å². The number of nitrogens with zero attached hydrogens (tertiary/aromatic N) is 4. The van der Waals surface area contributed by atoms with Crippen molar-refractivity contribution in [2.24, 2.45) is 7.05 Å². The van der Waals surface area contributed by atoms with Gasteiger partial charge in [0.2, 0.25) is 0 Å². The Balaban J connectivity index is 3.05. The molecule has 1 rings (SSSR count). The highest BCUT2D eigenvalue weighted by Gasteiger charge is 1.93. The first-order valence-electron chi connectivity index (χ1n) is 2.06. The van der Waals surface area contributed by atoms with Crippen LogP contribution < -0.4 is 0 Å². The average molecular weight is 108 g/mol. The normalized spacial score (nSPS) is 8.50. The van der Waals surface area contributed by atoms with E-state index >= 15 is 0 Å². The van der Waals surface area contributed by atoms with Crippen LogP contribution in [0.2, 0.25) is 0 Å². The molecule has 4 nitrogen and oxygen atoms in total. The van der Waals surface area contributed by atoms with Crippen LogP contribution >= 0.6 is 0 Å². The van der Waals surface area contributed by atoms with Crippen LogP contribution in [0.4, 0.5) is 5.95 Å². The third kappa shape index (κ3) is 0.658. The Morgan fingerprint density at radius 2 is 2.62 bits per heavy atom. The molecule has 1 aromatic heterocycles. The second-order valence-electron chi connectivity index (χ2n) is 1.33. The average Bonchev–Trinajstić information content (AvgIpc) is 2.14. The summed E-state index contributed by atoms with van der Waals surface area (Å²) in [5, 5.41) is 3.68. The van der Waals surface area contributed by atoms with Crippen molar-refractivity contribution in [1.82, 2.24) is 14.8 Å². The summed E-state index contributed by atoms with van der Waals surface area (Å²) < 4.78 is 1.49. The van der Waals surface area contributed by atoms with Crippen LogP contribution in [0.15, 0.2) is 6.33 Å². The lowest BCUT2D eigenvalue weighted by Crippen LogP contribution is -1.84. The van der Waals surface area contributed by atoms with Crippen molar-refractivity contribution in [3.63, 3.8) is 0 Å². The van der Waals surface area contributed by atoms with E-state index in [1.165, 1.54) is 11.0 Å². The quantitative estimate of drug-likeness (QED) is 0.450. The standard InChI is InChI=1S/C4H4N4/c1-5-4-6-3-8(2)7-4/h3H,2H3. The molecule has 0 fully saturated rings. The van der Waals surface area contributed by atoms with Gasteiger partial charge in [0.25, 0.3) is 0 Å². The van der Waals surface area contributed by atoms with Gasteiger partial charge >= 0.3 is 5.95 Å². The van der Waals surface area contributed by atoms with Crippen LogP contribution in [-0.2, 0) is 7.05 Å². The number of hydrogen-bond donors (Lipinski definition) is 0. The maximum absolute atomic E-state index is 6.44. The van der Waals surface area contributed by atoms with E-state index in [1.54, 1.807) is 7.05 Å². The molecule has 0 radical (unpaired) electrons. The summed E-state index contributed by atoms with van der Waals surface area (Å²) >= 11 is 0. The SMILES string of the molecule is [C-]#[N+]c1ncn(C)n1. The molecule has 0 aliphatic carbocycles. The van der Waals surface area contributed by atoms with Crippen LogP contribution in [0, 0.1) is 6.57 Å². The van der Waals surface area contributed by atoms with Gasteiger partial charge in [-0.05, 0) is 0 Å². The van der Waals surface area contributed by atoms with Crippen LogP contribution in [0.1, 0.15) is 0 Å². The van der Waals surface area contributed by atoms with Gasteiger partial charge in [-0.2, -0.15) is 4.68 Å². The van der Waals surface area contributed by atoms with Gasteiger partial charge in [0.05, 0.1) is 0 Å². The maximum atomic E-state index is 6.44. The van der Waals surface area contributed by atoms with E-state index in [2.05, 4.69) is 14.9 Å². The van der Waals surface area contributed by atoms with Gasteiger partial charge < -0.3 is 4.85 Å². The number of rotatable bonds is 0. The van der Waals surface area contributed by atoms with Crippen molar-refractivity contribution < 1.29 is 0 Å². The van der Waals surface area contributed by atoms with E-state index in [4.69, 9.17) is 6.57 Å². The Labute approximate surface area is 46.6 Å². The molecule has 0 aromatic carbocycles. The molecule has 0 aliphatic rings. The molecule has 1 heterocycles. The fourth-order valence-electron chi connectivity index (χ4n) is 0.379. The summed E-state index contributed by atoms with van der Waals surface area (Å²) in [6.07, 6.45) is 1.49. The molecule has 0 N–H and O–H groups in total. The molecule has 0 saturated heterocycles. The zero-order chi connectivity index (χ0) is 5.98. The van der Waals surface area contributed by atoms with Crippen molar-refractivity contribution >= 4 is 5.95 Å². The second-order valence-corrected chi connectivity index (χ2v) is 1.33. The van der Waals surface area contributed by atoms with Crippen molar-refractivity contribution in [2.75, 3.05) is 0 Å². The molecule has 0 bridgehead atoms. The Hall–Kier alpha value is -1.37. The summed E-state index contributed by atoms with van der Waals surface area (Å²) in [5.74, 6) is 0.201. The van der Waals surface area contributed by atoms with E-state index in [9.17, 15) is 0 Å². The van der Waals surface area contributed by atoms with E-state index in [0.29, 0.717) is 0 Å². The summed E-state index contributed by atoms with van der Waals surface area (Å²) in [5.41, 5.74) is 0. The predicted molar refractivity (Wildman–Crippen MR) is 27.3 cm³/mol. The maximum Gasteiger partial charge on any atom is 0.393 e. The number of aryl methyl sites for hydroxylation is 1. The lowest BCUT2D eigenvalue weighted by atomic mass is 11.1. The predicted octanol–water partition coefficient (Wildman–Crippen LogP) is 0.366. The minimum atomic E-state index is 0.201. The number of hydrogen-bond acceptors (Lipinski definition) is 2. The minimum absolute atomic E-state index is 0.201. The molecule has 8 heavy (non-hydrogen) atoms. The highest BCUT2D eigenvalue weighted by Crippen LogP contribution is 1.96. The van der Waals surface area contributed by atoms with Gasteiger partial charge in [0, 0.05) is 7.05 Å². The van der Waals surface area contributed by atoms with Crippen LogP contribution in [0.5, 0.6) is 0 Å². The minimum Gasteiger partial charge on any atom is -0.393 e. The molecule has 4 heteroatoms. The first kappa shape index (κ1) is 4.78. The molecule has 0 saturated carbocycles. The Kier molecular flexibility index (Phi) is 0.968. The van der Waals surface area contributed by atoms with Crippen LogP contribution in [-0.4, -0.2) is 14.8 Å².